The summed E-state index contributed by atoms with van der Waals surface area (Å²) in [5, 5.41) is 11.6. The Kier molecular flexibility index (Phi) is 5.17. The van der Waals surface area contributed by atoms with Crippen LogP contribution in [0.25, 0.3) is 11.0 Å². The van der Waals surface area contributed by atoms with Gasteiger partial charge in [-0.25, -0.2) is 0 Å². The van der Waals surface area contributed by atoms with E-state index in [1.165, 1.54) is 7.11 Å². The van der Waals surface area contributed by atoms with E-state index < -0.39 is 23.5 Å². The smallest absolute Gasteiger partial charge is 0.290 e. The highest BCUT2D eigenvalue weighted by Crippen LogP contribution is 2.42. The topological polar surface area (TPSA) is 92.9 Å². The maximum atomic E-state index is 13.6. The molecule has 0 radical (unpaired) electrons. The summed E-state index contributed by atoms with van der Waals surface area (Å²) in [7, 11) is 1.53. The van der Waals surface area contributed by atoms with Crippen LogP contribution in [0, 0.1) is 0 Å². The van der Waals surface area contributed by atoms with Crippen molar-refractivity contribution in [3.8, 4) is 5.75 Å². The molecule has 3 aromatic rings. The predicted octanol–water partition coefficient (Wildman–Crippen LogP) is 4.75. The first kappa shape index (κ1) is 20.3. The van der Waals surface area contributed by atoms with Gasteiger partial charge in [0.25, 0.3) is 5.91 Å². The number of pyridine rings is 1. The molecular weight excluding hydrogens is 408 g/mol. The molecule has 1 unspecified atom stereocenters. The first-order valence-corrected chi connectivity index (χ1v) is 10.9. The van der Waals surface area contributed by atoms with Gasteiger partial charge in [0.1, 0.15) is 6.04 Å². The maximum Gasteiger partial charge on any atom is 0.290 e. The van der Waals surface area contributed by atoms with Gasteiger partial charge in [0, 0.05) is 17.6 Å². The standard InChI is InChI=1S/C25H24N2O5/c1-31-18-12-7-8-15-14-19(32-24(15)18)22(28)20-21(17-11-5-6-13-26-17)27(25(30)23(20)29)16-9-3-2-4-10-16/h5-8,11-14,16,21,29H,2-4,9-10H2,1H3. The lowest BCUT2D eigenvalue weighted by Gasteiger charge is -2.36. The minimum absolute atomic E-state index is 0.0114. The fourth-order valence-electron chi connectivity index (χ4n) is 4.86. The van der Waals surface area contributed by atoms with E-state index in [0.717, 1.165) is 32.1 Å². The Labute approximate surface area is 185 Å². The summed E-state index contributed by atoms with van der Waals surface area (Å²) >= 11 is 0. The van der Waals surface area contributed by atoms with E-state index in [4.69, 9.17) is 9.15 Å². The number of Topliss-reactive ketones (excluding diaryl/α,β-unsaturated/α-hetero) is 1. The van der Waals surface area contributed by atoms with Crippen molar-refractivity contribution in [1.29, 1.82) is 0 Å². The molecule has 0 bridgehead atoms. The first-order chi connectivity index (χ1) is 15.6. The number of aliphatic hydroxyl groups is 1. The monoisotopic (exact) mass is 432 g/mol. The number of methoxy groups -OCH3 is 1. The van der Waals surface area contributed by atoms with Crippen molar-refractivity contribution in [2.75, 3.05) is 7.11 Å². The van der Waals surface area contributed by atoms with Gasteiger partial charge in [-0.1, -0.05) is 37.5 Å². The molecular formula is C25H24N2O5. The van der Waals surface area contributed by atoms with Crippen molar-refractivity contribution in [2.45, 2.75) is 44.2 Å². The molecule has 5 rings (SSSR count). The molecule has 0 saturated heterocycles. The molecule has 1 fully saturated rings. The van der Waals surface area contributed by atoms with E-state index in [0.29, 0.717) is 22.4 Å². The predicted molar refractivity (Wildman–Crippen MR) is 117 cm³/mol. The van der Waals surface area contributed by atoms with Gasteiger partial charge < -0.3 is 19.2 Å². The second kappa shape index (κ2) is 8.15. The molecule has 32 heavy (non-hydrogen) atoms. The number of aliphatic hydroxyl groups excluding tert-OH is 1. The number of ketones is 1. The number of rotatable bonds is 5. The van der Waals surface area contributed by atoms with Crippen LogP contribution in [0.4, 0.5) is 0 Å². The number of fused-ring (bicyclic) bond motifs is 1. The molecule has 1 atom stereocenters. The Balaban J connectivity index is 1.60. The van der Waals surface area contributed by atoms with Gasteiger partial charge in [0.15, 0.2) is 22.9 Å². The van der Waals surface area contributed by atoms with E-state index in [1.807, 2.05) is 18.2 Å². The quantitative estimate of drug-likeness (QED) is 0.585. The average molecular weight is 432 g/mol. The highest BCUT2D eigenvalue weighted by Gasteiger charge is 2.48. The highest BCUT2D eigenvalue weighted by molar-refractivity contribution is 6.16. The van der Waals surface area contributed by atoms with Crippen LogP contribution in [-0.2, 0) is 4.79 Å². The Morgan fingerprint density at radius 1 is 1.16 bits per heavy atom. The number of nitrogens with zero attached hydrogens (tertiary/aromatic N) is 2. The van der Waals surface area contributed by atoms with Crippen LogP contribution in [0.15, 0.2) is 64.4 Å². The molecule has 1 amide bonds. The number of carbonyl (C=O) groups is 2. The van der Waals surface area contributed by atoms with Gasteiger partial charge >= 0.3 is 0 Å². The van der Waals surface area contributed by atoms with Crippen LogP contribution in [0.1, 0.15) is 54.4 Å². The number of hydrogen-bond donors (Lipinski definition) is 1. The van der Waals surface area contributed by atoms with Gasteiger partial charge in [-0.15, -0.1) is 0 Å². The molecule has 1 aliphatic carbocycles. The van der Waals surface area contributed by atoms with E-state index in [2.05, 4.69) is 4.98 Å². The van der Waals surface area contributed by atoms with Crippen molar-refractivity contribution >= 4 is 22.7 Å². The Morgan fingerprint density at radius 3 is 2.69 bits per heavy atom. The molecule has 2 aromatic heterocycles. The largest absolute Gasteiger partial charge is 0.503 e. The Morgan fingerprint density at radius 2 is 1.97 bits per heavy atom. The number of furan rings is 1. The normalized spacial score (nSPS) is 19.7. The van der Waals surface area contributed by atoms with Crippen molar-refractivity contribution < 1.29 is 23.8 Å². The number of aromatic nitrogens is 1. The molecule has 2 aliphatic rings. The van der Waals surface area contributed by atoms with E-state index in [1.54, 1.807) is 35.4 Å². The molecule has 164 valence electrons. The summed E-state index contributed by atoms with van der Waals surface area (Å²) in [6, 6.07) is 11.6. The van der Waals surface area contributed by atoms with Crippen molar-refractivity contribution in [2.24, 2.45) is 0 Å². The summed E-state index contributed by atoms with van der Waals surface area (Å²) < 4.78 is 11.2. The lowest BCUT2D eigenvalue weighted by Crippen LogP contribution is -2.41. The van der Waals surface area contributed by atoms with Crippen LogP contribution >= 0.6 is 0 Å². The third kappa shape index (κ3) is 3.25. The number of amides is 1. The number of benzene rings is 1. The van der Waals surface area contributed by atoms with Gasteiger partial charge in [0.2, 0.25) is 5.78 Å². The molecule has 3 heterocycles. The number of para-hydroxylation sites is 1. The van der Waals surface area contributed by atoms with Crippen molar-refractivity contribution in [3.63, 3.8) is 0 Å². The molecule has 7 heteroatoms. The summed E-state index contributed by atoms with van der Waals surface area (Å²) in [5.41, 5.74) is 1.01. The molecule has 1 saturated carbocycles. The third-order valence-electron chi connectivity index (χ3n) is 6.38. The third-order valence-corrected chi connectivity index (χ3v) is 6.38. The fraction of sp³-hybridized carbons (Fsp3) is 0.320. The fourth-order valence-corrected chi connectivity index (χ4v) is 4.86. The zero-order valence-corrected chi connectivity index (χ0v) is 17.8. The zero-order valence-electron chi connectivity index (χ0n) is 17.8. The molecule has 1 aliphatic heterocycles. The van der Waals surface area contributed by atoms with Gasteiger partial charge in [-0.05, 0) is 37.1 Å². The number of carbonyl (C=O) groups excluding carboxylic acids is 2. The van der Waals surface area contributed by atoms with Crippen molar-refractivity contribution in [3.05, 3.63) is 71.4 Å². The van der Waals surface area contributed by atoms with E-state index in [9.17, 15) is 14.7 Å². The average Bonchev–Trinajstić information content (AvgIpc) is 3.39. The SMILES string of the molecule is COc1cccc2cc(C(=O)C3=C(O)C(=O)N(C4CCCCC4)C3c3ccccn3)oc12. The summed E-state index contributed by atoms with van der Waals surface area (Å²) in [5.74, 6) is -1.02. The lowest BCUT2D eigenvalue weighted by atomic mass is 9.91. The first-order valence-electron chi connectivity index (χ1n) is 10.9. The van der Waals surface area contributed by atoms with Crippen LogP contribution < -0.4 is 4.74 Å². The second-order valence-electron chi connectivity index (χ2n) is 8.24. The van der Waals surface area contributed by atoms with Gasteiger partial charge in [0.05, 0.1) is 18.4 Å². The molecule has 1 aromatic carbocycles. The lowest BCUT2D eigenvalue weighted by molar-refractivity contribution is -0.132. The number of ether oxygens (including phenoxy) is 1. The van der Waals surface area contributed by atoms with Crippen LogP contribution in [0.2, 0.25) is 0 Å². The van der Waals surface area contributed by atoms with Gasteiger partial charge in [-0.2, -0.15) is 0 Å². The van der Waals surface area contributed by atoms with E-state index in [-0.39, 0.29) is 17.4 Å². The van der Waals surface area contributed by atoms with Crippen LogP contribution in [0.5, 0.6) is 5.75 Å². The van der Waals surface area contributed by atoms with Crippen molar-refractivity contribution in [1.82, 2.24) is 9.88 Å². The minimum Gasteiger partial charge on any atom is -0.503 e. The van der Waals surface area contributed by atoms with E-state index >= 15 is 0 Å². The number of hydrogen-bond acceptors (Lipinski definition) is 6. The minimum atomic E-state index is -0.755. The highest BCUT2D eigenvalue weighted by atomic mass is 16.5. The van der Waals surface area contributed by atoms with Crippen LogP contribution in [-0.4, -0.2) is 39.8 Å². The molecule has 1 N–H and O–H groups in total. The summed E-state index contributed by atoms with van der Waals surface area (Å²) in [6.45, 7) is 0. The summed E-state index contributed by atoms with van der Waals surface area (Å²) in [6.07, 6.45) is 6.45. The molecule has 7 nitrogen and oxygen atoms in total. The maximum absolute atomic E-state index is 13.6. The zero-order chi connectivity index (χ0) is 22.2. The van der Waals surface area contributed by atoms with Gasteiger partial charge in [-0.3, -0.25) is 14.6 Å². The Hall–Kier alpha value is -3.61. The Bertz CT molecular complexity index is 1210. The van der Waals surface area contributed by atoms with Crippen LogP contribution in [0.3, 0.4) is 0 Å². The molecule has 0 spiro atoms. The second-order valence-corrected chi connectivity index (χ2v) is 8.24. The summed E-state index contributed by atoms with van der Waals surface area (Å²) in [4.78, 5) is 32.9.